The van der Waals surface area contributed by atoms with E-state index in [4.69, 9.17) is 5.11 Å². The Morgan fingerprint density at radius 3 is 2.85 bits per heavy atom. The lowest BCUT2D eigenvalue weighted by Gasteiger charge is -2.38. The molecule has 0 bridgehead atoms. The Kier molecular flexibility index (Phi) is 4.66. The fourth-order valence-corrected chi connectivity index (χ4v) is 1.70. The fourth-order valence-electron chi connectivity index (χ4n) is 1.70. The van der Waals surface area contributed by atoms with Gasteiger partial charge in [0.2, 0.25) is 0 Å². The van der Waals surface area contributed by atoms with E-state index in [2.05, 4.69) is 9.80 Å². The molecule has 0 unspecified atom stereocenters. The summed E-state index contributed by atoms with van der Waals surface area (Å²) in [4.78, 5) is 4.44. The maximum atomic E-state index is 10.3. The molecule has 1 rings (SSSR count). The first-order valence-corrected chi connectivity index (χ1v) is 4.89. The predicted octanol–water partition coefficient (Wildman–Crippen LogP) is -0.585. The van der Waals surface area contributed by atoms with E-state index in [-0.39, 0.29) is 19.3 Å². The van der Waals surface area contributed by atoms with Gasteiger partial charge < -0.3 is 10.0 Å². The summed E-state index contributed by atoms with van der Waals surface area (Å²) in [6, 6.07) is 0.250. The van der Waals surface area contributed by atoms with Crippen molar-refractivity contribution in [2.75, 3.05) is 46.4 Å². The van der Waals surface area contributed by atoms with Gasteiger partial charge >= 0.3 is 0 Å². The van der Waals surface area contributed by atoms with E-state index in [9.17, 15) is 5.11 Å². The number of piperazine rings is 1. The van der Waals surface area contributed by atoms with Gasteiger partial charge in [-0.15, -0.1) is 0 Å². The SMILES string of the molecule is CN1CCN(CCC[O])C[C@H]1CO. The van der Waals surface area contributed by atoms with Crippen LogP contribution in [0.1, 0.15) is 6.42 Å². The maximum Gasteiger partial charge on any atom is 0.0834 e. The summed E-state index contributed by atoms with van der Waals surface area (Å²) in [5.41, 5.74) is 0. The molecule has 1 fully saturated rings. The summed E-state index contributed by atoms with van der Waals surface area (Å²) >= 11 is 0. The molecule has 1 atom stereocenters. The Balaban J connectivity index is 2.27. The molecule has 0 aromatic rings. The van der Waals surface area contributed by atoms with Crippen LogP contribution in [0.25, 0.3) is 0 Å². The molecule has 77 valence electrons. The highest BCUT2D eigenvalue weighted by Crippen LogP contribution is 2.07. The van der Waals surface area contributed by atoms with Crippen LogP contribution in [0, 0.1) is 0 Å². The Morgan fingerprint density at radius 1 is 1.46 bits per heavy atom. The van der Waals surface area contributed by atoms with Crippen molar-refractivity contribution >= 4 is 0 Å². The van der Waals surface area contributed by atoms with Gasteiger partial charge in [-0.3, -0.25) is 4.90 Å². The number of aliphatic hydroxyl groups excluding tert-OH is 1. The molecule has 1 heterocycles. The van der Waals surface area contributed by atoms with Gasteiger partial charge in [0.1, 0.15) is 0 Å². The largest absolute Gasteiger partial charge is 0.395 e. The quantitative estimate of drug-likeness (QED) is 0.640. The van der Waals surface area contributed by atoms with Gasteiger partial charge in [0, 0.05) is 32.2 Å². The van der Waals surface area contributed by atoms with Crippen molar-refractivity contribution in [1.29, 1.82) is 0 Å². The van der Waals surface area contributed by atoms with E-state index in [1.165, 1.54) is 0 Å². The second-order valence-electron chi connectivity index (χ2n) is 3.68. The van der Waals surface area contributed by atoms with Crippen LogP contribution in [-0.2, 0) is 5.11 Å². The second kappa shape index (κ2) is 5.54. The van der Waals surface area contributed by atoms with E-state index in [1.54, 1.807) is 0 Å². The number of aliphatic hydroxyl groups is 1. The third kappa shape index (κ3) is 3.23. The van der Waals surface area contributed by atoms with E-state index in [1.807, 2.05) is 7.05 Å². The topological polar surface area (TPSA) is 46.6 Å². The molecule has 0 saturated carbocycles. The first-order valence-electron chi connectivity index (χ1n) is 4.89. The summed E-state index contributed by atoms with van der Waals surface area (Å²) in [5, 5.41) is 19.4. The second-order valence-corrected chi connectivity index (χ2v) is 3.68. The molecular formula is C9H19N2O2. The van der Waals surface area contributed by atoms with Crippen LogP contribution < -0.4 is 0 Å². The van der Waals surface area contributed by atoms with Crippen molar-refractivity contribution in [2.24, 2.45) is 0 Å². The molecule has 0 aliphatic carbocycles. The Labute approximate surface area is 79.8 Å². The zero-order valence-corrected chi connectivity index (χ0v) is 8.28. The van der Waals surface area contributed by atoms with Crippen LogP contribution in [-0.4, -0.2) is 67.4 Å². The monoisotopic (exact) mass is 187 g/mol. The minimum absolute atomic E-state index is 0.0101. The maximum absolute atomic E-state index is 10.3. The summed E-state index contributed by atoms with van der Waals surface area (Å²) in [6.07, 6.45) is 0.724. The highest BCUT2D eigenvalue weighted by Gasteiger charge is 2.22. The number of hydrogen-bond acceptors (Lipinski definition) is 3. The first kappa shape index (κ1) is 10.9. The van der Waals surface area contributed by atoms with Gasteiger partial charge in [-0.25, -0.2) is 5.11 Å². The van der Waals surface area contributed by atoms with Crippen LogP contribution in [0.4, 0.5) is 0 Å². The molecule has 4 heteroatoms. The number of likely N-dealkylation sites (N-methyl/N-ethyl adjacent to an activating group) is 1. The molecule has 0 aromatic carbocycles. The molecule has 1 saturated heterocycles. The van der Waals surface area contributed by atoms with Gasteiger partial charge in [-0.05, 0) is 13.5 Å². The summed E-state index contributed by atoms with van der Waals surface area (Å²) in [7, 11) is 2.03. The lowest BCUT2D eigenvalue weighted by Crippen LogP contribution is -2.53. The lowest BCUT2D eigenvalue weighted by molar-refractivity contribution is 0.0523. The highest BCUT2D eigenvalue weighted by atomic mass is 16.3. The van der Waals surface area contributed by atoms with Crippen molar-refractivity contribution in [3.63, 3.8) is 0 Å². The average Bonchev–Trinajstić information content (AvgIpc) is 2.16. The summed E-state index contributed by atoms with van der Waals surface area (Å²) < 4.78 is 0. The average molecular weight is 187 g/mol. The smallest absolute Gasteiger partial charge is 0.0834 e. The van der Waals surface area contributed by atoms with Crippen LogP contribution >= 0.6 is 0 Å². The number of rotatable bonds is 4. The van der Waals surface area contributed by atoms with Gasteiger partial charge in [-0.2, -0.15) is 0 Å². The lowest BCUT2D eigenvalue weighted by atomic mass is 10.2. The van der Waals surface area contributed by atoms with E-state index < -0.39 is 0 Å². The molecule has 0 amide bonds. The van der Waals surface area contributed by atoms with E-state index in [0.29, 0.717) is 0 Å². The van der Waals surface area contributed by atoms with Crippen molar-refractivity contribution in [3.8, 4) is 0 Å². The van der Waals surface area contributed by atoms with Gasteiger partial charge in [0.15, 0.2) is 0 Å². The third-order valence-corrected chi connectivity index (χ3v) is 2.69. The first-order chi connectivity index (χ1) is 6.27. The zero-order valence-electron chi connectivity index (χ0n) is 8.28. The van der Waals surface area contributed by atoms with Crippen molar-refractivity contribution < 1.29 is 10.2 Å². The molecule has 1 N–H and O–H groups in total. The van der Waals surface area contributed by atoms with Crippen molar-refractivity contribution in [2.45, 2.75) is 12.5 Å². The molecule has 0 spiro atoms. The predicted molar refractivity (Wildman–Crippen MR) is 50.1 cm³/mol. The van der Waals surface area contributed by atoms with Gasteiger partial charge in [0.05, 0.1) is 13.2 Å². The van der Waals surface area contributed by atoms with Crippen LogP contribution in [0.15, 0.2) is 0 Å². The minimum atomic E-state index is 0.0101. The van der Waals surface area contributed by atoms with Crippen LogP contribution in [0.2, 0.25) is 0 Å². The molecule has 4 nitrogen and oxygen atoms in total. The Morgan fingerprint density at radius 2 is 2.23 bits per heavy atom. The zero-order chi connectivity index (χ0) is 9.68. The molecule has 13 heavy (non-hydrogen) atoms. The van der Waals surface area contributed by atoms with Gasteiger partial charge in [0.25, 0.3) is 0 Å². The standard InChI is InChI=1S/C9H19N2O2/c1-10-4-5-11(3-2-6-12)7-9(10)8-13/h9,13H,2-8H2,1H3/t9-/m0/s1. The Bertz CT molecular complexity index is 142. The molecular weight excluding hydrogens is 168 g/mol. The summed E-state index contributed by atoms with van der Waals surface area (Å²) in [6.45, 7) is 4.01. The third-order valence-electron chi connectivity index (χ3n) is 2.69. The Hall–Kier alpha value is -0.160. The normalized spacial score (nSPS) is 26.5. The van der Waals surface area contributed by atoms with Crippen LogP contribution in [0.5, 0.6) is 0 Å². The molecule has 1 radical (unpaired) electrons. The number of hydrogen-bond donors (Lipinski definition) is 1. The minimum Gasteiger partial charge on any atom is -0.395 e. The molecule has 1 aliphatic heterocycles. The fraction of sp³-hybridized carbons (Fsp3) is 1.00. The number of nitrogens with zero attached hydrogens (tertiary/aromatic N) is 2. The molecule has 1 aliphatic rings. The van der Waals surface area contributed by atoms with E-state index >= 15 is 0 Å². The van der Waals surface area contributed by atoms with Gasteiger partial charge in [-0.1, -0.05) is 0 Å². The van der Waals surface area contributed by atoms with Crippen LogP contribution in [0.3, 0.4) is 0 Å². The molecule has 0 aromatic heterocycles. The summed E-state index contributed by atoms with van der Waals surface area (Å²) in [5.74, 6) is 0. The highest BCUT2D eigenvalue weighted by molar-refractivity contribution is 4.79. The van der Waals surface area contributed by atoms with E-state index in [0.717, 1.165) is 32.6 Å². The van der Waals surface area contributed by atoms with Crippen molar-refractivity contribution in [3.05, 3.63) is 0 Å². The van der Waals surface area contributed by atoms with Crippen molar-refractivity contribution in [1.82, 2.24) is 9.80 Å².